The standard InChI is InChI=1S/C19H28N2O/c22-19(17-9-4-10-17)20-18-11-14-21(15-12-18)13-5-8-16-6-2-1-3-7-16/h1-3,6-7,17-18H,4-5,8-15H2,(H,20,22). The number of benzene rings is 1. The van der Waals surface area contributed by atoms with Crippen LogP contribution in [0.2, 0.25) is 0 Å². The minimum absolute atomic E-state index is 0.314. The summed E-state index contributed by atoms with van der Waals surface area (Å²) >= 11 is 0. The second-order valence-electron chi connectivity index (χ2n) is 6.84. The Morgan fingerprint density at radius 2 is 1.82 bits per heavy atom. The van der Waals surface area contributed by atoms with Gasteiger partial charge in [-0.2, -0.15) is 0 Å². The Morgan fingerprint density at radius 3 is 2.45 bits per heavy atom. The number of nitrogens with zero attached hydrogens (tertiary/aromatic N) is 1. The zero-order chi connectivity index (χ0) is 15.2. The van der Waals surface area contributed by atoms with Crippen LogP contribution in [-0.2, 0) is 11.2 Å². The summed E-state index contributed by atoms with van der Waals surface area (Å²) in [6.45, 7) is 3.44. The number of nitrogens with one attached hydrogen (secondary N) is 1. The minimum Gasteiger partial charge on any atom is -0.353 e. The predicted octanol–water partition coefficient (Wildman–Crippen LogP) is 3.00. The van der Waals surface area contributed by atoms with Crippen molar-refractivity contribution in [2.45, 2.75) is 51.0 Å². The zero-order valence-electron chi connectivity index (χ0n) is 13.5. The van der Waals surface area contributed by atoms with Gasteiger partial charge in [0.2, 0.25) is 5.91 Å². The average Bonchev–Trinajstić information content (AvgIpc) is 2.48. The first kappa shape index (κ1) is 15.5. The van der Waals surface area contributed by atoms with Crippen LogP contribution in [0.25, 0.3) is 0 Å². The fraction of sp³-hybridized carbons (Fsp3) is 0.632. The van der Waals surface area contributed by atoms with E-state index in [9.17, 15) is 4.79 Å². The van der Waals surface area contributed by atoms with E-state index in [-0.39, 0.29) is 0 Å². The molecule has 1 saturated heterocycles. The molecule has 1 aromatic rings. The molecule has 120 valence electrons. The number of rotatable bonds is 6. The predicted molar refractivity (Wildman–Crippen MR) is 89.7 cm³/mol. The van der Waals surface area contributed by atoms with Gasteiger partial charge in [-0.25, -0.2) is 0 Å². The van der Waals surface area contributed by atoms with Gasteiger partial charge in [0.25, 0.3) is 0 Å². The molecule has 1 heterocycles. The second-order valence-corrected chi connectivity index (χ2v) is 6.84. The summed E-state index contributed by atoms with van der Waals surface area (Å²) in [5.74, 6) is 0.637. The van der Waals surface area contributed by atoms with Crippen LogP contribution in [0.4, 0.5) is 0 Å². The molecule has 1 saturated carbocycles. The van der Waals surface area contributed by atoms with Crippen molar-refractivity contribution in [2.75, 3.05) is 19.6 Å². The third-order valence-electron chi connectivity index (χ3n) is 5.19. The van der Waals surface area contributed by atoms with Crippen LogP contribution in [0.3, 0.4) is 0 Å². The number of likely N-dealkylation sites (tertiary alicyclic amines) is 1. The van der Waals surface area contributed by atoms with Gasteiger partial charge in [-0.15, -0.1) is 0 Å². The van der Waals surface area contributed by atoms with Crippen LogP contribution in [0, 0.1) is 5.92 Å². The van der Waals surface area contributed by atoms with E-state index >= 15 is 0 Å². The molecule has 3 heteroatoms. The summed E-state index contributed by atoms with van der Waals surface area (Å²) < 4.78 is 0. The fourth-order valence-electron chi connectivity index (χ4n) is 3.44. The van der Waals surface area contributed by atoms with Gasteiger partial charge in [0.15, 0.2) is 0 Å². The summed E-state index contributed by atoms with van der Waals surface area (Å²) in [6.07, 6.45) is 8.06. The van der Waals surface area contributed by atoms with Crippen molar-refractivity contribution >= 4 is 5.91 Å². The van der Waals surface area contributed by atoms with Crippen LogP contribution >= 0.6 is 0 Å². The maximum absolute atomic E-state index is 12.0. The molecule has 3 nitrogen and oxygen atoms in total. The minimum atomic E-state index is 0.314. The molecule has 0 unspecified atom stereocenters. The number of carbonyl (C=O) groups is 1. The van der Waals surface area contributed by atoms with Gasteiger partial charge in [0, 0.05) is 25.0 Å². The highest BCUT2D eigenvalue weighted by Crippen LogP contribution is 2.26. The number of amides is 1. The Balaban J connectivity index is 1.31. The Bertz CT molecular complexity index is 462. The molecule has 0 radical (unpaired) electrons. The van der Waals surface area contributed by atoms with E-state index in [1.807, 2.05) is 0 Å². The van der Waals surface area contributed by atoms with Crippen LogP contribution in [-0.4, -0.2) is 36.5 Å². The van der Waals surface area contributed by atoms with E-state index in [0.717, 1.165) is 38.8 Å². The highest BCUT2D eigenvalue weighted by molar-refractivity contribution is 5.79. The molecular weight excluding hydrogens is 272 g/mol. The molecule has 2 aliphatic rings. The fourth-order valence-corrected chi connectivity index (χ4v) is 3.44. The molecular formula is C19H28N2O. The summed E-state index contributed by atoms with van der Waals surface area (Å²) in [7, 11) is 0. The van der Waals surface area contributed by atoms with Crippen LogP contribution in [0.5, 0.6) is 0 Å². The maximum Gasteiger partial charge on any atom is 0.223 e. The maximum atomic E-state index is 12.0. The van der Waals surface area contributed by atoms with Gasteiger partial charge in [0.1, 0.15) is 0 Å². The summed E-state index contributed by atoms with van der Waals surface area (Å²) in [5, 5.41) is 3.26. The van der Waals surface area contributed by atoms with Gasteiger partial charge in [-0.1, -0.05) is 36.8 Å². The first-order valence-corrected chi connectivity index (χ1v) is 8.88. The SMILES string of the molecule is O=C(NC1CCN(CCCc2ccccc2)CC1)C1CCC1. The number of hydrogen-bond donors (Lipinski definition) is 1. The smallest absolute Gasteiger partial charge is 0.223 e. The lowest BCUT2D eigenvalue weighted by atomic mass is 9.84. The van der Waals surface area contributed by atoms with E-state index in [4.69, 9.17) is 0 Å². The molecule has 1 aliphatic heterocycles. The third kappa shape index (κ3) is 4.33. The van der Waals surface area contributed by atoms with E-state index in [1.54, 1.807) is 0 Å². The van der Waals surface area contributed by atoms with E-state index in [1.165, 1.54) is 31.4 Å². The van der Waals surface area contributed by atoms with Gasteiger partial charge in [-0.3, -0.25) is 4.79 Å². The molecule has 1 aliphatic carbocycles. The molecule has 0 aromatic heterocycles. The second kappa shape index (κ2) is 7.77. The Hall–Kier alpha value is -1.35. The highest BCUT2D eigenvalue weighted by atomic mass is 16.2. The van der Waals surface area contributed by atoms with Gasteiger partial charge in [0.05, 0.1) is 0 Å². The Kier molecular flexibility index (Phi) is 5.49. The Labute approximate surface area is 134 Å². The molecule has 1 aromatic carbocycles. The number of aryl methyl sites for hydroxylation is 1. The van der Waals surface area contributed by atoms with Crippen molar-refractivity contribution in [2.24, 2.45) is 5.92 Å². The summed E-state index contributed by atoms with van der Waals surface area (Å²) in [6, 6.07) is 11.1. The first-order valence-electron chi connectivity index (χ1n) is 8.88. The number of carbonyl (C=O) groups excluding carboxylic acids is 1. The van der Waals surface area contributed by atoms with Crippen molar-refractivity contribution in [3.63, 3.8) is 0 Å². The molecule has 0 bridgehead atoms. The van der Waals surface area contributed by atoms with E-state index < -0.39 is 0 Å². The molecule has 22 heavy (non-hydrogen) atoms. The normalized spacial score (nSPS) is 20.5. The summed E-state index contributed by atoms with van der Waals surface area (Å²) in [5.41, 5.74) is 1.44. The average molecular weight is 300 g/mol. The van der Waals surface area contributed by atoms with Crippen LogP contribution < -0.4 is 5.32 Å². The van der Waals surface area contributed by atoms with Crippen molar-refractivity contribution in [3.05, 3.63) is 35.9 Å². The van der Waals surface area contributed by atoms with E-state index in [2.05, 4.69) is 40.5 Å². The van der Waals surface area contributed by atoms with Crippen LogP contribution in [0.15, 0.2) is 30.3 Å². The zero-order valence-corrected chi connectivity index (χ0v) is 13.5. The molecule has 1 N–H and O–H groups in total. The molecule has 2 fully saturated rings. The molecule has 3 rings (SSSR count). The Morgan fingerprint density at radius 1 is 1.09 bits per heavy atom. The largest absolute Gasteiger partial charge is 0.353 e. The lowest BCUT2D eigenvalue weighted by Crippen LogP contribution is -2.47. The van der Waals surface area contributed by atoms with Gasteiger partial charge < -0.3 is 10.2 Å². The van der Waals surface area contributed by atoms with Gasteiger partial charge >= 0.3 is 0 Å². The van der Waals surface area contributed by atoms with Crippen molar-refractivity contribution in [1.82, 2.24) is 10.2 Å². The van der Waals surface area contributed by atoms with Crippen molar-refractivity contribution < 1.29 is 4.79 Å². The topological polar surface area (TPSA) is 32.3 Å². The highest BCUT2D eigenvalue weighted by Gasteiger charge is 2.28. The monoisotopic (exact) mass is 300 g/mol. The molecule has 1 amide bonds. The number of hydrogen-bond acceptors (Lipinski definition) is 2. The van der Waals surface area contributed by atoms with Gasteiger partial charge in [-0.05, 0) is 50.6 Å². The lowest BCUT2D eigenvalue weighted by molar-refractivity contribution is -0.128. The van der Waals surface area contributed by atoms with Crippen molar-refractivity contribution in [3.8, 4) is 0 Å². The van der Waals surface area contributed by atoms with E-state index in [0.29, 0.717) is 17.9 Å². The molecule has 0 spiro atoms. The molecule has 0 atom stereocenters. The van der Waals surface area contributed by atoms with Crippen LogP contribution in [0.1, 0.15) is 44.1 Å². The third-order valence-corrected chi connectivity index (χ3v) is 5.19. The number of piperidine rings is 1. The first-order chi connectivity index (χ1) is 10.8. The quantitative estimate of drug-likeness (QED) is 0.876. The lowest BCUT2D eigenvalue weighted by Gasteiger charge is -2.34. The van der Waals surface area contributed by atoms with Crippen molar-refractivity contribution in [1.29, 1.82) is 0 Å². The summed E-state index contributed by atoms with van der Waals surface area (Å²) in [4.78, 5) is 14.5.